The third kappa shape index (κ3) is 4.12. The van der Waals surface area contributed by atoms with E-state index in [2.05, 4.69) is 24.1 Å². The van der Waals surface area contributed by atoms with Crippen molar-refractivity contribution in [3.05, 3.63) is 0 Å². The SMILES string of the molecule is CCCCN(CCCC)C(=O)[C@@H]1CCCN1. The molecule has 94 valence electrons. The first-order valence-electron chi connectivity index (χ1n) is 6.81. The number of rotatable bonds is 7. The van der Waals surface area contributed by atoms with E-state index >= 15 is 0 Å². The Bertz CT molecular complexity index is 192. The standard InChI is InChI=1S/C13H26N2O/c1-3-5-10-15(11-6-4-2)13(16)12-8-7-9-14-12/h12,14H,3-11H2,1-2H3/t12-/m0/s1. The quantitative estimate of drug-likeness (QED) is 0.721. The maximum atomic E-state index is 12.2. The average molecular weight is 226 g/mol. The Labute approximate surface area is 99.6 Å². The van der Waals surface area contributed by atoms with Crippen LogP contribution in [0.3, 0.4) is 0 Å². The largest absolute Gasteiger partial charge is 0.341 e. The van der Waals surface area contributed by atoms with Gasteiger partial charge in [0.2, 0.25) is 5.91 Å². The second kappa shape index (κ2) is 7.66. The lowest BCUT2D eigenvalue weighted by molar-refractivity contribution is -0.133. The Kier molecular flexibility index (Phi) is 6.46. The van der Waals surface area contributed by atoms with Gasteiger partial charge in [-0.15, -0.1) is 0 Å². The molecule has 1 aliphatic heterocycles. The van der Waals surface area contributed by atoms with E-state index in [1.807, 2.05) is 0 Å². The predicted molar refractivity (Wildman–Crippen MR) is 67.4 cm³/mol. The highest BCUT2D eigenvalue weighted by Crippen LogP contribution is 2.10. The number of hydrogen-bond acceptors (Lipinski definition) is 2. The molecule has 1 N–H and O–H groups in total. The van der Waals surface area contributed by atoms with E-state index in [1.165, 1.54) is 0 Å². The molecule has 1 rings (SSSR count). The van der Waals surface area contributed by atoms with Gasteiger partial charge in [-0.25, -0.2) is 0 Å². The predicted octanol–water partition coefficient (Wildman–Crippen LogP) is 2.17. The monoisotopic (exact) mass is 226 g/mol. The van der Waals surface area contributed by atoms with Crippen molar-refractivity contribution >= 4 is 5.91 Å². The highest BCUT2D eigenvalue weighted by atomic mass is 16.2. The van der Waals surface area contributed by atoms with E-state index in [1.54, 1.807) is 0 Å². The molecule has 1 aliphatic rings. The number of unbranched alkanes of at least 4 members (excludes halogenated alkanes) is 2. The minimum absolute atomic E-state index is 0.105. The fraction of sp³-hybridized carbons (Fsp3) is 0.923. The van der Waals surface area contributed by atoms with Gasteiger partial charge in [-0.2, -0.15) is 0 Å². The number of nitrogens with one attached hydrogen (secondary N) is 1. The van der Waals surface area contributed by atoms with Gasteiger partial charge in [-0.1, -0.05) is 26.7 Å². The van der Waals surface area contributed by atoms with Gasteiger partial charge in [0.05, 0.1) is 6.04 Å². The molecule has 1 heterocycles. The molecule has 0 aromatic heterocycles. The fourth-order valence-corrected chi connectivity index (χ4v) is 2.15. The molecule has 0 aromatic rings. The van der Waals surface area contributed by atoms with Crippen LogP contribution in [0.1, 0.15) is 52.4 Å². The van der Waals surface area contributed by atoms with Crippen molar-refractivity contribution in [2.45, 2.75) is 58.4 Å². The zero-order chi connectivity index (χ0) is 11.8. The summed E-state index contributed by atoms with van der Waals surface area (Å²) >= 11 is 0. The van der Waals surface area contributed by atoms with Crippen molar-refractivity contribution in [1.82, 2.24) is 10.2 Å². The summed E-state index contributed by atoms with van der Waals surface area (Å²) in [4.78, 5) is 14.3. The summed E-state index contributed by atoms with van der Waals surface area (Å²) in [5.74, 6) is 0.333. The fourth-order valence-electron chi connectivity index (χ4n) is 2.15. The smallest absolute Gasteiger partial charge is 0.239 e. The number of carbonyl (C=O) groups excluding carboxylic acids is 1. The molecule has 0 spiro atoms. The van der Waals surface area contributed by atoms with Gasteiger partial charge in [-0.3, -0.25) is 4.79 Å². The van der Waals surface area contributed by atoms with Crippen LogP contribution in [0.15, 0.2) is 0 Å². The number of amides is 1. The first kappa shape index (κ1) is 13.5. The van der Waals surface area contributed by atoms with E-state index in [0.717, 1.165) is 58.2 Å². The average Bonchev–Trinajstić information content (AvgIpc) is 2.82. The molecule has 3 nitrogen and oxygen atoms in total. The Morgan fingerprint density at radius 3 is 2.31 bits per heavy atom. The minimum Gasteiger partial charge on any atom is -0.341 e. The minimum atomic E-state index is 0.105. The van der Waals surface area contributed by atoms with Gasteiger partial charge in [-0.05, 0) is 32.2 Å². The normalized spacial score (nSPS) is 20.0. The molecular formula is C13H26N2O. The molecule has 0 aromatic carbocycles. The van der Waals surface area contributed by atoms with Crippen LogP contribution in [0.5, 0.6) is 0 Å². The van der Waals surface area contributed by atoms with E-state index in [4.69, 9.17) is 0 Å². The summed E-state index contributed by atoms with van der Waals surface area (Å²) in [7, 11) is 0. The molecule has 1 saturated heterocycles. The molecule has 1 fully saturated rings. The Balaban J connectivity index is 2.41. The Morgan fingerprint density at radius 1 is 1.25 bits per heavy atom. The van der Waals surface area contributed by atoms with Crippen LogP contribution >= 0.6 is 0 Å². The van der Waals surface area contributed by atoms with Gasteiger partial charge < -0.3 is 10.2 Å². The Hall–Kier alpha value is -0.570. The van der Waals surface area contributed by atoms with E-state index in [-0.39, 0.29) is 6.04 Å². The second-order valence-electron chi connectivity index (χ2n) is 4.68. The summed E-state index contributed by atoms with van der Waals surface area (Å²) in [6.07, 6.45) is 6.74. The lowest BCUT2D eigenvalue weighted by Crippen LogP contribution is -2.44. The molecular weight excluding hydrogens is 200 g/mol. The first-order valence-corrected chi connectivity index (χ1v) is 6.81. The Morgan fingerprint density at radius 2 is 1.88 bits per heavy atom. The van der Waals surface area contributed by atoms with E-state index < -0.39 is 0 Å². The van der Waals surface area contributed by atoms with Crippen LogP contribution < -0.4 is 5.32 Å². The third-order valence-electron chi connectivity index (χ3n) is 3.23. The molecule has 0 aliphatic carbocycles. The van der Waals surface area contributed by atoms with Gasteiger partial charge in [0.15, 0.2) is 0 Å². The molecule has 0 unspecified atom stereocenters. The number of nitrogens with zero attached hydrogens (tertiary/aromatic N) is 1. The molecule has 1 atom stereocenters. The summed E-state index contributed by atoms with van der Waals surface area (Å²) < 4.78 is 0. The van der Waals surface area contributed by atoms with Gasteiger partial charge in [0.25, 0.3) is 0 Å². The van der Waals surface area contributed by atoms with Crippen LogP contribution in [-0.2, 0) is 4.79 Å². The van der Waals surface area contributed by atoms with Crippen molar-refractivity contribution in [3.63, 3.8) is 0 Å². The molecule has 0 bridgehead atoms. The molecule has 0 radical (unpaired) electrons. The maximum Gasteiger partial charge on any atom is 0.239 e. The van der Waals surface area contributed by atoms with Crippen molar-refractivity contribution in [2.75, 3.05) is 19.6 Å². The number of carbonyl (C=O) groups is 1. The lowest BCUT2D eigenvalue weighted by Gasteiger charge is -2.25. The van der Waals surface area contributed by atoms with Crippen LogP contribution in [0, 0.1) is 0 Å². The molecule has 0 saturated carbocycles. The second-order valence-corrected chi connectivity index (χ2v) is 4.68. The highest BCUT2D eigenvalue weighted by Gasteiger charge is 2.25. The van der Waals surface area contributed by atoms with E-state index in [9.17, 15) is 4.79 Å². The number of hydrogen-bond donors (Lipinski definition) is 1. The highest BCUT2D eigenvalue weighted by molar-refractivity contribution is 5.82. The molecule has 3 heteroatoms. The maximum absolute atomic E-state index is 12.2. The van der Waals surface area contributed by atoms with Gasteiger partial charge in [0.1, 0.15) is 0 Å². The van der Waals surface area contributed by atoms with Crippen LogP contribution in [0.2, 0.25) is 0 Å². The van der Waals surface area contributed by atoms with Crippen LogP contribution in [0.25, 0.3) is 0 Å². The van der Waals surface area contributed by atoms with Gasteiger partial charge in [0, 0.05) is 13.1 Å². The van der Waals surface area contributed by atoms with E-state index in [0.29, 0.717) is 5.91 Å². The lowest BCUT2D eigenvalue weighted by atomic mass is 10.1. The van der Waals surface area contributed by atoms with Crippen molar-refractivity contribution in [3.8, 4) is 0 Å². The topological polar surface area (TPSA) is 32.3 Å². The van der Waals surface area contributed by atoms with Crippen molar-refractivity contribution in [1.29, 1.82) is 0 Å². The zero-order valence-electron chi connectivity index (χ0n) is 10.8. The summed E-state index contributed by atoms with van der Waals surface area (Å²) in [5.41, 5.74) is 0. The summed E-state index contributed by atoms with van der Waals surface area (Å²) in [6, 6.07) is 0.105. The zero-order valence-corrected chi connectivity index (χ0v) is 10.8. The third-order valence-corrected chi connectivity index (χ3v) is 3.23. The van der Waals surface area contributed by atoms with Crippen molar-refractivity contribution in [2.24, 2.45) is 0 Å². The van der Waals surface area contributed by atoms with Crippen molar-refractivity contribution < 1.29 is 4.79 Å². The first-order chi connectivity index (χ1) is 7.79. The summed E-state index contributed by atoms with van der Waals surface area (Å²) in [6.45, 7) is 7.24. The molecule has 1 amide bonds. The van der Waals surface area contributed by atoms with Crippen LogP contribution in [0.4, 0.5) is 0 Å². The summed E-state index contributed by atoms with van der Waals surface area (Å²) in [5, 5.41) is 3.30. The molecule has 16 heavy (non-hydrogen) atoms. The van der Waals surface area contributed by atoms with Gasteiger partial charge >= 0.3 is 0 Å². The van der Waals surface area contributed by atoms with Crippen LogP contribution in [-0.4, -0.2) is 36.5 Å².